The minimum absolute atomic E-state index is 0.354. The van der Waals surface area contributed by atoms with Crippen LogP contribution in [0.5, 0.6) is 0 Å². The summed E-state index contributed by atoms with van der Waals surface area (Å²) in [7, 11) is 1.56. The van der Waals surface area contributed by atoms with Crippen LogP contribution < -0.4 is 5.48 Å². The van der Waals surface area contributed by atoms with Gasteiger partial charge in [0, 0.05) is 6.54 Å². The van der Waals surface area contributed by atoms with Crippen LogP contribution in [0.3, 0.4) is 0 Å². The van der Waals surface area contributed by atoms with Crippen molar-refractivity contribution >= 4 is 0 Å². The molecule has 2 N–H and O–H groups in total. The van der Waals surface area contributed by atoms with E-state index in [0.717, 1.165) is 0 Å². The number of aliphatic hydroxyl groups is 1. The van der Waals surface area contributed by atoms with E-state index in [1.165, 1.54) is 0 Å². The van der Waals surface area contributed by atoms with Crippen LogP contribution in [0.25, 0.3) is 0 Å². The second kappa shape index (κ2) is 6.74. The van der Waals surface area contributed by atoms with Crippen LogP contribution in [0.15, 0.2) is 12.2 Å². The number of allylic oxidation sites excluding steroid dienone is 1. The van der Waals surface area contributed by atoms with Crippen LogP contribution >= 0.6 is 0 Å². The summed E-state index contributed by atoms with van der Waals surface area (Å²) in [6.45, 7) is 2.55. The third-order valence-corrected chi connectivity index (χ3v) is 1.10. The molecule has 0 aromatic rings. The molecule has 0 rings (SSSR count). The first-order valence-corrected chi connectivity index (χ1v) is 3.38. The van der Waals surface area contributed by atoms with Gasteiger partial charge in [-0.15, -0.1) is 0 Å². The highest BCUT2D eigenvalue weighted by Crippen LogP contribution is 1.90. The number of rotatable bonds is 5. The fraction of sp³-hybridized carbons (Fsp3) is 0.714. The quantitative estimate of drug-likeness (QED) is 0.335. The van der Waals surface area contributed by atoms with Gasteiger partial charge in [0.15, 0.2) is 0 Å². The van der Waals surface area contributed by atoms with E-state index < -0.39 is 0 Å². The van der Waals surface area contributed by atoms with Crippen LogP contribution in [0, 0.1) is 0 Å². The predicted octanol–water partition coefficient (Wildman–Crippen LogP) is 0.464. The summed E-state index contributed by atoms with van der Waals surface area (Å²) in [5.41, 5.74) is 2.64. The van der Waals surface area contributed by atoms with Crippen LogP contribution in [0.1, 0.15) is 13.3 Å². The molecular weight excluding hydrogens is 130 g/mol. The largest absolute Gasteiger partial charge is 0.389 e. The average molecular weight is 145 g/mol. The summed E-state index contributed by atoms with van der Waals surface area (Å²) in [4.78, 5) is 4.59. The molecule has 1 unspecified atom stereocenters. The van der Waals surface area contributed by atoms with E-state index in [9.17, 15) is 0 Å². The van der Waals surface area contributed by atoms with Crippen LogP contribution in [0.4, 0.5) is 0 Å². The van der Waals surface area contributed by atoms with Gasteiger partial charge in [-0.05, 0) is 13.3 Å². The van der Waals surface area contributed by atoms with Crippen LogP contribution in [0.2, 0.25) is 0 Å². The lowest BCUT2D eigenvalue weighted by Gasteiger charge is -2.04. The summed E-state index contributed by atoms with van der Waals surface area (Å²) in [5, 5.41) is 9.09. The molecule has 0 fully saturated rings. The molecule has 0 aromatic heterocycles. The molecule has 3 heteroatoms. The normalized spacial score (nSPS) is 14.3. The molecule has 0 saturated heterocycles. The van der Waals surface area contributed by atoms with E-state index in [2.05, 4.69) is 10.3 Å². The molecule has 0 heterocycles. The van der Waals surface area contributed by atoms with Gasteiger partial charge in [0.25, 0.3) is 0 Å². The van der Waals surface area contributed by atoms with E-state index in [-0.39, 0.29) is 6.10 Å². The Morgan fingerprint density at radius 3 is 2.90 bits per heavy atom. The Morgan fingerprint density at radius 1 is 1.70 bits per heavy atom. The zero-order valence-electron chi connectivity index (χ0n) is 6.50. The van der Waals surface area contributed by atoms with Crippen molar-refractivity contribution in [2.75, 3.05) is 13.7 Å². The first-order chi connectivity index (χ1) is 4.81. The molecule has 0 radical (unpaired) electrons. The third-order valence-electron chi connectivity index (χ3n) is 1.10. The molecule has 0 aliphatic carbocycles. The van der Waals surface area contributed by atoms with Gasteiger partial charge in [0.1, 0.15) is 0 Å². The summed E-state index contributed by atoms with van der Waals surface area (Å²) in [6.07, 6.45) is 3.90. The van der Waals surface area contributed by atoms with E-state index in [0.29, 0.717) is 13.0 Å². The fourth-order valence-corrected chi connectivity index (χ4v) is 0.627. The maximum atomic E-state index is 9.09. The fourth-order valence-electron chi connectivity index (χ4n) is 0.627. The molecule has 0 saturated carbocycles. The minimum Gasteiger partial charge on any atom is -0.389 e. The number of aliphatic hydroxyl groups excluding tert-OH is 1. The van der Waals surface area contributed by atoms with E-state index in [1.54, 1.807) is 13.2 Å². The molecule has 0 aliphatic rings. The van der Waals surface area contributed by atoms with Gasteiger partial charge in [-0.2, -0.15) is 0 Å². The smallest absolute Gasteiger partial charge is 0.0733 e. The molecule has 1 atom stereocenters. The van der Waals surface area contributed by atoms with Crippen molar-refractivity contribution in [3.63, 3.8) is 0 Å². The van der Waals surface area contributed by atoms with Crippen LogP contribution in [-0.4, -0.2) is 24.9 Å². The molecule has 0 spiro atoms. The lowest BCUT2D eigenvalue weighted by Crippen LogP contribution is -2.17. The number of nitrogens with one attached hydrogen (secondary N) is 1. The second-order valence-electron chi connectivity index (χ2n) is 1.98. The number of hydrogen-bond donors (Lipinski definition) is 2. The maximum absolute atomic E-state index is 9.09. The Balaban J connectivity index is 3.13. The first kappa shape index (κ1) is 9.62. The molecule has 0 aromatic carbocycles. The van der Waals surface area contributed by atoms with Gasteiger partial charge in [-0.3, -0.25) is 0 Å². The van der Waals surface area contributed by atoms with Gasteiger partial charge in [0.05, 0.1) is 13.2 Å². The Kier molecular flexibility index (Phi) is 6.48. The first-order valence-electron chi connectivity index (χ1n) is 3.38. The summed E-state index contributed by atoms with van der Waals surface area (Å²) in [5.74, 6) is 0. The SMILES string of the molecule is C/C=C/C(O)CCNOC. The standard InChI is InChI=1S/C7H15NO2/c1-3-4-7(9)5-6-8-10-2/h3-4,7-9H,5-6H2,1-2H3/b4-3+. The number of hydrogen-bond acceptors (Lipinski definition) is 3. The van der Waals surface area contributed by atoms with E-state index in [1.807, 2.05) is 13.0 Å². The molecule has 0 amide bonds. The van der Waals surface area contributed by atoms with Gasteiger partial charge >= 0.3 is 0 Å². The van der Waals surface area contributed by atoms with Gasteiger partial charge in [0.2, 0.25) is 0 Å². The molecule has 0 aliphatic heterocycles. The van der Waals surface area contributed by atoms with Crippen LogP contribution in [-0.2, 0) is 4.84 Å². The lowest BCUT2D eigenvalue weighted by molar-refractivity contribution is 0.0806. The van der Waals surface area contributed by atoms with Gasteiger partial charge < -0.3 is 9.94 Å². The monoisotopic (exact) mass is 145 g/mol. The molecule has 3 nitrogen and oxygen atoms in total. The van der Waals surface area contributed by atoms with Crippen molar-refractivity contribution in [3.8, 4) is 0 Å². The summed E-state index contributed by atoms with van der Waals surface area (Å²) in [6, 6.07) is 0. The highest BCUT2D eigenvalue weighted by Gasteiger charge is 1.95. The molecular formula is C7H15NO2. The minimum atomic E-state index is -0.354. The van der Waals surface area contributed by atoms with E-state index in [4.69, 9.17) is 5.11 Å². The van der Waals surface area contributed by atoms with Crippen molar-refractivity contribution in [2.45, 2.75) is 19.4 Å². The zero-order valence-corrected chi connectivity index (χ0v) is 6.50. The lowest BCUT2D eigenvalue weighted by atomic mass is 10.2. The molecule has 10 heavy (non-hydrogen) atoms. The second-order valence-corrected chi connectivity index (χ2v) is 1.98. The average Bonchev–Trinajstić information content (AvgIpc) is 1.89. The molecule has 0 bridgehead atoms. The zero-order chi connectivity index (χ0) is 7.82. The van der Waals surface area contributed by atoms with E-state index >= 15 is 0 Å². The third kappa shape index (κ3) is 5.75. The van der Waals surface area contributed by atoms with Gasteiger partial charge in [-0.1, -0.05) is 12.2 Å². The summed E-state index contributed by atoms with van der Waals surface area (Å²) >= 11 is 0. The highest BCUT2D eigenvalue weighted by atomic mass is 16.6. The summed E-state index contributed by atoms with van der Waals surface area (Å²) < 4.78 is 0. The Labute approximate surface area is 61.7 Å². The van der Waals surface area contributed by atoms with Crippen molar-refractivity contribution in [1.82, 2.24) is 5.48 Å². The van der Waals surface area contributed by atoms with Crippen molar-refractivity contribution in [1.29, 1.82) is 0 Å². The van der Waals surface area contributed by atoms with Crippen molar-refractivity contribution < 1.29 is 9.94 Å². The topological polar surface area (TPSA) is 41.5 Å². The van der Waals surface area contributed by atoms with Gasteiger partial charge in [-0.25, -0.2) is 5.48 Å². The number of hydroxylamine groups is 1. The Morgan fingerprint density at radius 2 is 2.40 bits per heavy atom. The Bertz CT molecular complexity index is 93.6. The predicted molar refractivity (Wildman–Crippen MR) is 40.4 cm³/mol. The maximum Gasteiger partial charge on any atom is 0.0733 e. The Hall–Kier alpha value is -0.380. The molecule has 60 valence electrons. The highest BCUT2D eigenvalue weighted by molar-refractivity contribution is 4.85. The van der Waals surface area contributed by atoms with Crippen molar-refractivity contribution in [2.24, 2.45) is 0 Å². The van der Waals surface area contributed by atoms with Crippen molar-refractivity contribution in [3.05, 3.63) is 12.2 Å².